The molecule has 7 heteroatoms. The molecule has 3 N–H and O–H groups in total. The summed E-state index contributed by atoms with van der Waals surface area (Å²) in [6, 6.07) is 12.5. The number of hydrogen-bond acceptors (Lipinski definition) is 3. The number of anilines is 1. The fourth-order valence-corrected chi connectivity index (χ4v) is 3.62. The highest BCUT2D eigenvalue weighted by atomic mass is 35.5. The van der Waals surface area contributed by atoms with Crippen molar-refractivity contribution in [1.82, 2.24) is 10.6 Å². The standard InChI is InChI=1S/C22H24ClN3O2S/c1-12(2)28-18-10-7-15(23)11-17(18)20-19(14(4)24-22(29)26-20)21(27)25-16-8-5-13(3)6-9-16/h5-12,20H,1-4H3,(H,25,27)(H2,24,26,29). The van der Waals surface area contributed by atoms with E-state index in [0.717, 1.165) is 16.8 Å². The molecule has 0 aromatic heterocycles. The van der Waals surface area contributed by atoms with Crippen LogP contribution < -0.4 is 20.7 Å². The number of thiocarbonyl (C=S) groups is 1. The quantitative estimate of drug-likeness (QED) is 0.592. The number of rotatable bonds is 5. The largest absolute Gasteiger partial charge is 0.491 e. The zero-order valence-electron chi connectivity index (χ0n) is 16.8. The Hall–Kier alpha value is -2.57. The average Bonchev–Trinajstić information content (AvgIpc) is 2.64. The number of allylic oxidation sites excluding steroid dienone is 1. The molecule has 1 aliphatic rings. The van der Waals surface area contributed by atoms with Gasteiger partial charge in [0.15, 0.2) is 5.11 Å². The smallest absolute Gasteiger partial charge is 0.255 e. The first kappa shape index (κ1) is 21.1. The Morgan fingerprint density at radius 1 is 1.17 bits per heavy atom. The third kappa shape index (κ3) is 5.08. The predicted molar refractivity (Wildman–Crippen MR) is 121 cm³/mol. The molecule has 1 heterocycles. The molecule has 0 bridgehead atoms. The monoisotopic (exact) mass is 429 g/mol. The Balaban J connectivity index is 2.01. The molecule has 0 saturated carbocycles. The molecule has 0 radical (unpaired) electrons. The lowest BCUT2D eigenvalue weighted by molar-refractivity contribution is -0.113. The number of ether oxygens (including phenoxy) is 1. The number of halogens is 1. The van der Waals surface area contributed by atoms with Crippen LogP contribution >= 0.6 is 23.8 Å². The Morgan fingerprint density at radius 2 is 1.86 bits per heavy atom. The molecule has 2 aromatic carbocycles. The van der Waals surface area contributed by atoms with E-state index in [4.69, 9.17) is 28.6 Å². The molecule has 5 nitrogen and oxygen atoms in total. The van der Waals surface area contributed by atoms with Crippen molar-refractivity contribution < 1.29 is 9.53 Å². The van der Waals surface area contributed by atoms with Gasteiger partial charge in [-0.2, -0.15) is 0 Å². The Morgan fingerprint density at radius 3 is 2.52 bits per heavy atom. The van der Waals surface area contributed by atoms with Gasteiger partial charge in [0.25, 0.3) is 5.91 Å². The number of aryl methyl sites for hydroxylation is 1. The van der Waals surface area contributed by atoms with Gasteiger partial charge < -0.3 is 20.7 Å². The second kappa shape index (κ2) is 8.84. The van der Waals surface area contributed by atoms with Gasteiger partial charge in [-0.1, -0.05) is 29.3 Å². The number of amides is 1. The number of hydrogen-bond donors (Lipinski definition) is 3. The van der Waals surface area contributed by atoms with E-state index in [2.05, 4.69) is 16.0 Å². The molecule has 2 aromatic rings. The van der Waals surface area contributed by atoms with Gasteiger partial charge in [-0.3, -0.25) is 4.79 Å². The average molecular weight is 430 g/mol. The van der Waals surface area contributed by atoms with Crippen LogP contribution in [-0.2, 0) is 4.79 Å². The summed E-state index contributed by atoms with van der Waals surface area (Å²) in [6.07, 6.45) is -0.0292. The molecule has 0 aliphatic carbocycles. The highest BCUT2D eigenvalue weighted by Crippen LogP contribution is 2.36. The van der Waals surface area contributed by atoms with E-state index in [1.165, 1.54) is 0 Å². The van der Waals surface area contributed by atoms with Crippen LogP contribution in [0, 0.1) is 6.92 Å². The van der Waals surface area contributed by atoms with Crippen molar-refractivity contribution in [2.75, 3.05) is 5.32 Å². The van der Waals surface area contributed by atoms with Crippen molar-refractivity contribution in [3.8, 4) is 5.75 Å². The summed E-state index contributed by atoms with van der Waals surface area (Å²) in [4.78, 5) is 13.2. The number of carbonyl (C=O) groups excluding carboxylic acids is 1. The van der Waals surface area contributed by atoms with Crippen LogP contribution in [0.5, 0.6) is 5.75 Å². The van der Waals surface area contributed by atoms with E-state index in [-0.39, 0.29) is 12.0 Å². The van der Waals surface area contributed by atoms with Crippen LogP contribution in [0.25, 0.3) is 0 Å². The second-order valence-corrected chi connectivity index (χ2v) is 8.08. The summed E-state index contributed by atoms with van der Waals surface area (Å²) in [5, 5.41) is 10.2. The van der Waals surface area contributed by atoms with Crippen molar-refractivity contribution in [1.29, 1.82) is 0 Å². The van der Waals surface area contributed by atoms with Crippen LogP contribution in [0.2, 0.25) is 5.02 Å². The lowest BCUT2D eigenvalue weighted by Gasteiger charge is -2.31. The fraction of sp³-hybridized carbons (Fsp3) is 0.273. The zero-order valence-corrected chi connectivity index (χ0v) is 18.4. The van der Waals surface area contributed by atoms with Crippen LogP contribution in [0.3, 0.4) is 0 Å². The predicted octanol–water partition coefficient (Wildman–Crippen LogP) is 4.87. The third-order valence-corrected chi connectivity index (χ3v) is 4.92. The summed E-state index contributed by atoms with van der Waals surface area (Å²) in [5.74, 6) is 0.425. The van der Waals surface area contributed by atoms with Gasteiger partial charge in [-0.05, 0) is 70.2 Å². The summed E-state index contributed by atoms with van der Waals surface area (Å²) in [7, 11) is 0. The van der Waals surface area contributed by atoms with Crippen LogP contribution in [0.15, 0.2) is 53.7 Å². The molecule has 0 spiro atoms. The van der Waals surface area contributed by atoms with E-state index in [1.807, 2.05) is 58.0 Å². The fourth-order valence-electron chi connectivity index (χ4n) is 3.17. The van der Waals surface area contributed by atoms with Crippen molar-refractivity contribution in [2.24, 2.45) is 0 Å². The first-order chi connectivity index (χ1) is 13.7. The van der Waals surface area contributed by atoms with Crippen LogP contribution in [0.4, 0.5) is 5.69 Å². The molecule has 152 valence electrons. The second-order valence-electron chi connectivity index (χ2n) is 7.24. The lowest BCUT2D eigenvalue weighted by atomic mass is 9.94. The minimum atomic E-state index is -0.498. The van der Waals surface area contributed by atoms with Crippen molar-refractivity contribution in [2.45, 2.75) is 39.8 Å². The molecular weight excluding hydrogens is 406 g/mol. The summed E-state index contributed by atoms with van der Waals surface area (Å²) in [6.45, 7) is 7.73. The lowest BCUT2D eigenvalue weighted by Crippen LogP contribution is -2.46. The Bertz CT molecular complexity index is 971. The highest BCUT2D eigenvalue weighted by molar-refractivity contribution is 7.80. The molecular formula is C22H24ClN3O2S. The molecule has 0 fully saturated rings. The van der Waals surface area contributed by atoms with E-state index in [1.54, 1.807) is 12.1 Å². The highest BCUT2D eigenvalue weighted by Gasteiger charge is 2.32. The summed E-state index contributed by atoms with van der Waals surface area (Å²) >= 11 is 11.6. The first-order valence-corrected chi connectivity index (χ1v) is 10.2. The van der Waals surface area contributed by atoms with Crippen LogP contribution in [0.1, 0.15) is 37.9 Å². The topological polar surface area (TPSA) is 62.4 Å². The summed E-state index contributed by atoms with van der Waals surface area (Å²) in [5.41, 5.74) is 3.80. The van der Waals surface area contributed by atoms with Crippen molar-refractivity contribution in [3.63, 3.8) is 0 Å². The number of nitrogens with one attached hydrogen (secondary N) is 3. The van der Waals surface area contributed by atoms with Gasteiger partial charge in [-0.25, -0.2) is 0 Å². The number of benzene rings is 2. The summed E-state index contributed by atoms with van der Waals surface area (Å²) < 4.78 is 5.97. The molecule has 1 atom stereocenters. The van der Waals surface area contributed by atoms with Gasteiger partial charge in [0.1, 0.15) is 5.75 Å². The van der Waals surface area contributed by atoms with E-state index in [0.29, 0.717) is 27.2 Å². The zero-order chi connectivity index (χ0) is 21.1. The normalized spacial score (nSPS) is 16.3. The minimum absolute atomic E-state index is 0.0292. The van der Waals surface area contributed by atoms with Gasteiger partial charge >= 0.3 is 0 Å². The van der Waals surface area contributed by atoms with Gasteiger partial charge in [0.05, 0.1) is 17.7 Å². The maximum absolute atomic E-state index is 13.2. The maximum Gasteiger partial charge on any atom is 0.255 e. The van der Waals surface area contributed by atoms with E-state index in [9.17, 15) is 4.79 Å². The Kier molecular flexibility index (Phi) is 6.45. The van der Waals surface area contributed by atoms with Crippen molar-refractivity contribution in [3.05, 3.63) is 69.9 Å². The molecule has 29 heavy (non-hydrogen) atoms. The van der Waals surface area contributed by atoms with Crippen molar-refractivity contribution >= 4 is 40.5 Å². The van der Waals surface area contributed by atoms with E-state index < -0.39 is 6.04 Å². The minimum Gasteiger partial charge on any atom is -0.491 e. The SMILES string of the molecule is CC1=C(C(=O)Nc2ccc(C)cc2)C(c2cc(Cl)ccc2OC(C)C)NC(=S)N1. The van der Waals surface area contributed by atoms with Gasteiger partial charge in [-0.15, -0.1) is 0 Å². The van der Waals surface area contributed by atoms with Gasteiger partial charge in [0, 0.05) is 22.0 Å². The maximum atomic E-state index is 13.2. The number of carbonyl (C=O) groups is 1. The molecule has 0 saturated heterocycles. The van der Waals surface area contributed by atoms with Gasteiger partial charge in [0.2, 0.25) is 0 Å². The molecule has 1 unspecified atom stereocenters. The van der Waals surface area contributed by atoms with Crippen LogP contribution in [-0.4, -0.2) is 17.1 Å². The Labute approximate surface area is 181 Å². The first-order valence-electron chi connectivity index (χ1n) is 9.37. The third-order valence-electron chi connectivity index (χ3n) is 4.47. The van der Waals surface area contributed by atoms with E-state index >= 15 is 0 Å². The molecule has 3 rings (SSSR count). The molecule has 1 amide bonds. The molecule has 1 aliphatic heterocycles.